The van der Waals surface area contributed by atoms with Crippen LogP contribution in [0, 0.1) is 0 Å². The normalized spacial score (nSPS) is 11.2. The Balaban J connectivity index is 2.43. The molecule has 2 rings (SSSR count). The Bertz CT molecular complexity index is 550. The van der Waals surface area contributed by atoms with Crippen LogP contribution in [0.5, 0.6) is 5.75 Å². The van der Waals surface area contributed by atoms with Crippen molar-refractivity contribution in [3.05, 3.63) is 60.2 Å². The van der Waals surface area contributed by atoms with Gasteiger partial charge in [0.25, 0.3) is 5.91 Å². The smallest absolute Gasteiger partial charge is 0.279 e. The van der Waals surface area contributed by atoms with Gasteiger partial charge in [0.2, 0.25) is 0 Å². The van der Waals surface area contributed by atoms with Gasteiger partial charge < -0.3 is 19.1 Å². The van der Waals surface area contributed by atoms with Gasteiger partial charge in [0.1, 0.15) is 5.75 Å². The van der Waals surface area contributed by atoms with Crippen molar-refractivity contribution in [3.8, 4) is 5.75 Å². The van der Waals surface area contributed by atoms with Crippen molar-refractivity contribution in [3.63, 3.8) is 0 Å². The fraction of sp³-hybridized carbons (Fsp3) is 0.294. The predicted octanol–water partition coefficient (Wildman–Crippen LogP) is 3.23. The molecule has 0 saturated heterocycles. The molecule has 0 spiro atoms. The molecule has 0 bridgehead atoms. The molecule has 0 aliphatic rings. The first-order valence-electron chi connectivity index (χ1n) is 6.71. The van der Waals surface area contributed by atoms with Gasteiger partial charge in [-0.05, 0) is 36.4 Å². The predicted molar refractivity (Wildman–Crippen MR) is 83.5 cm³/mol. The van der Waals surface area contributed by atoms with Gasteiger partial charge in [-0.2, -0.15) is 0 Å². The number of benzene rings is 2. The Kier molecular flexibility index (Phi) is 4.83. The van der Waals surface area contributed by atoms with Crippen LogP contribution >= 0.6 is 0 Å². The number of nitrogens with zero attached hydrogens (tertiary/aromatic N) is 1. The Morgan fingerprint density at radius 2 is 1.38 bits per heavy atom. The van der Waals surface area contributed by atoms with Crippen LogP contribution in [0.4, 0.5) is 5.69 Å². The Morgan fingerprint density at radius 1 is 0.810 bits per heavy atom. The van der Waals surface area contributed by atoms with Crippen LogP contribution in [0.15, 0.2) is 54.6 Å². The molecule has 0 atom stereocenters. The van der Waals surface area contributed by atoms with Gasteiger partial charge in [-0.25, -0.2) is 0 Å². The molecular formula is C17H21NO3. The van der Waals surface area contributed by atoms with Gasteiger partial charge in [0.15, 0.2) is 0 Å². The quantitative estimate of drug-likeness (QED) is 0.763. The first-order valence-corrected chi connectivity index (χ1v) is 6.71. The number of para-hydroxylation sites is 1. The highest BCUT2D eigenvalue weighted by atomic mass is 16.7. The summed E-state index contributed by atoms with van der Waals surface area (Å²) in [6, 6.07) is 17.6. The van der Waals surface area contributed by atoms with E-state index in [1.54, 1.807) is 21.3 Å². The van der Waals surface area contributed by atoms with Crippen LogP contribution in [0.2, 0.25) is 0 Å². The van der Waals surface area contributed by atoms with E-state index < -0.39 is 5.91 Å². The van der Waals surface area contributed by atoms with Gasteiger partial charge >= 0.3 is 0 Å². The van der Waals surface area contributed by atoms with E-state index in [1.807, 2.05) is 66.5 Å². The summed E-state index contributed by atoms with van der Waals surface area (Å²) in [6.45, 7) is 0. The molecule has 21 heavy (non-hydrogen) atoms. The van der Waals surface area contributed by atoms with E-state index in [4.69, 9.17) is 14.2 Å². The first-order chi connectivity index (χ1) is 10.2. The third-order valence-electron chi connectivity index (χ3n) is 3.59. The van der Waals surface area contributed by atoms with Crippen molar-refractivity contribution in [1.29, 1.82) is 0 Å². The summed E-state index contributed by atoms with van der Waals surface area (Å²) in [6.07, 6.45) is 0. The van der Waals surface area contributed by atoms with Gasteiger partial charge in [-0.3, -0.25) is 0 Å². The summed E-state index contributed by atoms with van der Waals surface area (Å²) in [5, 5.41) is 0. The SMILES string of the molecule is COc1ccc(C(OC)(OC)N(C)c2ccccc2)cc1. The minimum Gasteiger partial charge on any atom is -0.497 e. The van der Waals surface area contributed by atoms with E-state index in [1.165, 1.54) is 0 Å². The summed E-state index contributed by atoms with van der Waals surface area (Å²) in [5.74, 6) is -0.199. The van der Waals surface area contributed by atoms with Crippen LogP contribution in [0.3, 0.4) is 0 Å². The summed E-state index contributed by atoms with van der Waals surface area (Å²) < 4.78 is 16.7. The summed E-state index contributed by atoms with van der Waals surface area (Å²) in [4.78, 5) is 1.95. The molecule has 4 heteroatoms. The maximum atomic E-state index is 5.73. The summed E-state index contributed by atoms with van der Waals surface area (Å²) in [7, 11) is 6.85. The highest BCUT2D eigenvalue weighted by Gasteiger charge is 2.37. The molecule has 112 valence electrons. The van der Waals surface area contributed by atoms with Gasteiger partial charge in [-0.15, -0.1) is 0 Å². The zero-order valence-corrected chi connectivity index (χ0v) is 12.9. The van der Waals surface area contributed by atoms with Crippen molar-refractivity contribution in [2.75, 3.05) is 33.3 Å². The summed E-state index contributed by atoms with van der Waals surface area (Å²) in [5.41, 5.74) is 1.89. The van der Waals surface area contributed by atoms with Crippen molar-refractivity contribution in [1.82, 2.24) is 0 Å². The second kappa shape index (κ2) is 6.61. The fourth-order valence-corrected chi connectivity index (χ4v) is 2.41. The third kappa shape index (κ3) is 2.86. The molecule has 0 amide bonds. The van der Waals surface area contributed by atoms with Gasteiger partial charge in [0.05, 0.1) is 7.11 Å². The van der Waals surface area contributed by atoms with Crippen molar-refractivity contribution in [2.24, 2.45) is 0 Å². The molecule has 0 aliphatic heterocycles. The number of ether oxygens (including phenoxy) is 3. The third-order valence-corrected chi connectivity index (χ3v) is 3.59. The van der Waals surface area contributed by atoms with E-state index in [-0.39, 0.29) is 0 Å². The van der Waals surface area contributed by atoms with Crippen molar-refractivity contribution in [2.45, 2.75) is 5.91 Å². The molecule has 0 fully saturated rings. The monoisotopic (exact) mass is 287 g/mol. The molecule has 0 N–H and O–H groups in total. The molecular weight excluding hydrogens is 266 g/mol. The van der Waals surface area contributed by atoms with Crippen LogP contribution in [0.25, 0.3) is 0 Å². The molecule has 4 nitrogen and oxygen atoms in total. The Hall–Kier alpha value is -2.04. The minimum atomic E-state index is -0.992. The minimum absolute atomic E-state index is 0.794. The number of methoxy groups -OCH3 is 3. The second-order valence-corrected chi connectivity index (χ2v) is 4.61. The Labute approximate surface area is 125 Å². The van der Waals surface area contributed by atoms with E-state index in [0.29, 0.717) is 0 Å². The number of rotatable bonds is 6. The number of hydrogen-bond donors (Lipinski definition) is 0. The highest BCUT2D eigenvalue weighted by molar-refractivity contribution is 5.48. The average Bonchev–Trinajstić information content (AvgIpc) is 2.57. The maximum absolute atomic E-state index is 5.73. The standard InChI is InChI=1S/C17H21NO3/c1-18(15-8-6-5-7-9-15)17(20-3,21-4)14-10-12-16(19-2)13-11-14/h5-13H,1-4H3. The lowest BCUT2D eigenvalue weighted by Gasteiger charge is -2.40. The molecule has 0 heterocycles. The summed E-state index contributed by atoms with van der Waals surface area (Å²) >= 11 is 0. The fourth-order valence-electron chi connectivity index (χ4n) is 2.41. The molecule has 0 saturated carbocycles. The zero-order chi connectivity index (χ0) is 15.3. The van der Waals surface area contributed by atoms with Crippen molar-refractivity contribution < 1.29 is 14.2 Å². The van der Waals surface area contributed by atoms with E-state index in [0.717, 1.165) is 17.0 Å². The second-order valence-electron chi connectivity index (χ2n) is 4.61. The van der Waals surface area contributed by atoms with E-state index >= 15 is 0 Å². The van der Waals surface area contributed by atoms with Crippen LogP contribution < -0.4 is 9.64 Å². The van der Waals surface area contributed by atoms with E-state index in [2.05, 4.69) is 0 Å². The Morgan fingerprint density at radius 3 is 1.86 bits per heavy atom. The molecule has 0 unspecified atom stereocenters. The molecule has 2 aromatic carbocycles. The molecule has 2 aromatic rings. The van der Waals surface area contributed by atoms with Crippen LogP contribution in [-0.4, -0.2) is 28.4 Å². The number of hydrogen-bond acceptors (Lipinski definition) is 4. The zero-order valence-electron chi connectivity index (χ0n) is 12.9. The lowest BCUT2D eigenvalue weighted by Crippen LogP contribution is -2.47. The number of anilines is 1. The lowest BCUT2D eigenvalue weighted by atomic mass is 10.1. The molecule has 0 aliphatic carbocycles. The first kappa shape index (κ1) is 15.4. The van der Waals surface area contributed by atoms with Gasteiger partial charge in [-0.1, -0.05) is 18.2 Å². The largest absolute Gasteiger partial charge is 0.497 e. The highest BCUT2D eigenvalue weighted by Crippen LogP contribution is 2.34. The lowest BCUT2D eigenvalue weighted by molar-refractivity contribution is -0.213. The average molecular weight is 287 g/mol. The van der Waals surface area contributed by atoms with Crippen LogP contribution in [0.1, 0.15) is 5.56 Å². The molecule has 0 aromatic heterocycles. The van der Waals surface area contributed by atoms with Crippen molar-refractivity contribution >= 4 is 5.69 Å². The maximum Gasteiger partial charge on any atom is 0.279 e. The topological polar surface area (TPSA) is 30.9 Å². The van der Waals surface area contributed by atoms with E-state index in [9.17, 15) is 0 Å². The van der Waals surface area contributed by atoms with Gasteiger partial charge in [0, 0.05) is 32.5 Å². The molecule has 0 radical (unpaired) electrons. The van der Waals surface area contributed by atoms with Crippen LogP contribution in [-0.2, 0) is 15.4 Å².